The minimum atomic E-state index is -5.08. The number of carboxylic acids is 3. The van der Waals surface area contributed by atoms with Crippen molar-refractivity contribution >= 4 is 71.0 Å². The third-order valence-electron chi connectivity index (χ3n) is 13.2. The monoisotopic (exact) mass is 1210 g/mol. The summed E-state index contributed by atoms with van der Waals surface area (Å²) in [5, 5.41) is 44.4. The number of methoxy groups -OCH3 is 1. The molecule has 25 nitrogen and oxygen atoms in total. The number of hydrogen-bond donors (Lipinski definition) is 6. The summed E-state index contributed by atoms with van der Waals surface area (Å²) in [6, 6.07) is 10.5. The number of anilines is 1. The molecule has 2 aromatic heterocycles. The van der Waals surface area contributed by atoms with Gasteiger partial charge in [0.2, 0.25) is 11.8 Å². The minimum Gasteiger partial charge on any atom is -0.496 e. The van der Waals surface area contributed by atoms with Gasteiger partial charge >= 0.3 is 24.1 Å². The van der Waals surface area contributed by atoms with Crippen molar-refractivity contribution in [2.45, 2.75) is 45.5 Å². The molecule has 2 aromatic carbocycles. The quantitative estimate of drug-likeness (QED) is 0.0599. The van der Waals surface area contributed by atoms with Gasteiger partial charge in [0.1, 0.15) is 18.1 Å². The number of carbonyl (C=O) groups is 7. The molecule has 3 aliphatic heterocycles. The average molecular weight is 1210 g/mol. The van der Waals surface area contributed by atoms with Gasteiger partial charge in [-0.2, -0.15) is 18.3 Å². The molecule has 2 saturated heterocycles. The first-order valence-electron chi connectivity index (χ1n) is 26.0. The SMILES string of the molecule is CCN1CCN(CC(=O)O)CCN(CC(=O)O)CCN(CC(=O)NCCOCCC(=O)Nc2cncc(-c3cc4c(cc3OC)OCc3c(C(=O)N5CCOCC5(C)C)nn(-c5cc(Cl)cc(Cl)c5)c3-4)c2)CC1.O=C(O)C(F)(F)F.O=CO. The number of morpholine rings is 1. The van der Waals surface area contributed by atoms with E-state index in [1.54, 1.807) is 58.1 Å². The van der Waals surface area contributed by atoms with Crippen LogP contribution in [-0.2, 0) is 44.8 Å². The minimum absolute atomic E-state index is 0.0310. The van der Waals surface area contributed by atoms with Crippen molar-refractivity contribution in [1.82, 2.24) is 44.6 Å². The number of carbonyl (C=O) groups excluding carboxylic acids is 3. The van der Waals surface area contributed by atoms with Crippen LogP contribution < -0.4 is 20.1 Å². The van der Waals surface area contributed by atoms with Gasteiger partial charge in [0.15, 0.2) is 5.69 Å². The normalized spacial score (nSPS) is 16.1. The number of aromatic nitrogens is 3. The van der Waals surface area contributed by atoms with Gasteiger partial charge in [0, 0.05) is 110 Å². The van der Waals surface area contributed by atoms with Crippen LogP contribution >= 0.6 is 23.2 Å². The molecule has 454 valence electrons. The number of nitrogens with one attached hydrogen (secondary N) is 2. The predicted molar refractivity (Wildman–Crippen MR) is 295 cm³/mol. The third-order valence-corrected chi connectivity index (χ3v) is 13.6. The molecule has 6 N–H and O–H groups in total. The highest BCUT2D eigenvalue weighted by atomic mass is 35.5. The van der Waals surface area contributed by atoms with Crippen molar-refractivity contribution in [3.05, 3.63) is 70.1 Å². The molecule has 0 saturated carbocycles. The molecule has 7 rings (SSSR count). The van der Waals surface area contributed by atoms with Crippen LogP contribution in [-0.4, -0.2) is 239 Å². The van der Waals surface area contributed by atoms with Gasteiger partial charge in [-0.15, -0.1) is 0 Å². The molecule has 3 aliphatic rings. The zero-order valence-electron chi connectivity index (χ0n) is 46.1. The molecule has 0 radical (unpaired) electrons. The zero-order valence-corrected chi connectivity index (χ0v) is 47.6. The maximum atomic E-state index is 14.4. The molecule has 2 fully saturated rings. The van der Waals surface area contributed by atoms with Crippen molar-refractivity contribution in [1.29, 1.82) is 0 Å². The summed E-state index contributed by atoms with van der Waals surface area (Å²) >= 11 is 13.0. The Hall–Kier alpha value is -7.18. The van der Waals surface area contributed by atoms with Gasteiger partial charge in [-0.25, -0.2) is 9.48 Å². The fourth-order valence-electron chi connectivity index (χ4n) is 9.08. The first-order valence-corrected chi connectivity index (χ1v) is 26.8. The van der Waals surface area contributed by atoms with Crippen molar-refractivity contribution in [3.8, 4) is 39.6 Å². The van der Waals surface area contributed by atoms with E-state index < -0.39 is 29.6 Å². The van der Waals surface area contributed by atoms with Gasteiger partial charge in [0.05, 0.1) is 88.4 Å². The standard InChI is InChI=1S/C50H64Cl2N10O11.C2HF3O2.CH2O2/c1-5-57-8-10-58(12-13-60(30-46(67)68)15-14-59(11-9-57)29-45(65)66)28-44(64)54-7-18-71-17-6-43(63)55-36-20-33(26-53-27-36)38-24-39-42(25-41(38)70-4)73-31-40-47(49(69)61-16-19-72-32-50(61,2)3)56-62(48(39)40)37-22-34(51)21-35(52)23-37;3-2(4,5)1(6)7;2-1-3/h20-27H,5-19,28-32H2,1-4H3,(H,54,64)(H,55,63)(H,65,66)(H,67,68);(H,6,7);1H,(H,2,3). The lowest BCUT2D eigenvalue weighted by atomic mass is 9.95. The summed E-state index contributed by atoms with van der Waals surface area (Å²) in [5.74, 6) is -4.48. The van der Waals surface area contributed by atoms with Crippen molar-refractivity contribution in [2.75, 3.05) is 130 Å². The maximum Gasteiger partial charge on any atom is 0.490 e. The summed E-state index contributed by atoms with van der Waals surface area (Å²) in [7, 11) is 1.55. The highest BCUT2D eigenvalue weighted by molar-refractivity contribution is 6.34. The van der Waals surface area contributed by atoms with Crippen LogP contribution in [0, 0.1) is 0 Å². The molecule has 0 atom stereocenters. The highest BCUT2D eigenvalue weighted by Crippen LogP contribution is 2.47. The van der Waals surface area contributed by atoms with Crippen molar-refractivity contribution in [2.24, 2.45) is 0 Å². The summed E-state index contributed by atoms with van der Waals surface area (Å²) in [6.45, 7) is 12.0. The van der Waals surface area contributed by atoms with Crippen molar-refractivity contribution < 1.29 is 86.1 Å². The Labute approximate surface area is 485 Å². The number of benzene rings is 2. The van der Waals surface area contributed by atoms with Gasteiger partial charge in [0.25, 0.3) is 12.4 Å². The van der Waals surface area contributed by atoms with Gasteiger partial charge < -0.3 is 59.8 Å². The number of nitrogens with zero attached hydrogens (tertiary/aromatic N) is 8. The van der Waals surface area contributed by atoms with E-state index in [1.165, 1.54) is 6.20 Å². The molecule has 83 heavy (non-hydrogen) atoms. The second kappa shape index (κ2) is 31.5. The van der Waals surface area contributed by atoms with Crippen LogP contribution in [0.4, 0.5) is 18.9 Å². The number of aliphatic carboxylic acids is 3. The average Bonchev–Trinajstić information content (AvgIpc) is 4.09. The van der Waals surface area contributed by atoms with Crippen LogP contribution in [0.5, 0.6) is 11.5 Å². The van der Waals surface area contributed by atoms with Crippen LogP contribution in [0.15, 0.2) is 48.8 Å². The molecule has 3 amide bonds. The van der Waals surface area contributed by atoms with E-state index in [1.807, 2.05) is 36.6 Å². The van der Waals surface area contributed by atoms with Crippen molar-refractivity contribution in [3.63, 3.8) is 0 Å². The number of ether oxygens (including phenoxy) is 4. The Bertz CT molecular complexity index is 2900. The van der Waals surface area contributed by atoms with E-state index >= 15 is 0 Å². The van der Waals surface area contributed by atoms with Crippen LogP contribution in [0.2, 0.25) is 10.0 Å². The molecule has 0 aliphatic carbocycles. The predicted octanol–water partition coefficient (Wildman–Crippen LogP) is 4.27. The Morgan fingerprint density at radius 2 is 1.37 bits per heavy atom. The zero-order chi connectivity index (χ0) is 61.0. The fourth-order valence-corrected chi connectivity index (χ4v) is 9.59. The van der Waals surface area contributed by atoms with E-state index in [0.717, 1.165) is 6.54 Å². The van der Waals surface area contributed by atoms with Gasteiger partial charge in [-0.05, 0) is 50.7 Å². The Balaban J connectivity index is 0.00000116. The molecular weight excluding hydrogens is 1140 g/mol. The van der Waals surface area contributed by atoms with Crippen LogP contribution in [0.3, 0.4) is 0 Å². The Morgan fingerprint density at radius 1 is 0.795 bits per heavy atom. The lowest BCUT2D eigenvalue weighted by Crippen LogP contribution is -2.55. The smallest absolute Gasteiger partial charge is 0.490 e. The second-order valence-electron chi connectivity index (χ2n) is 19.6. The van der Waals surface area contributed by atoms with E-state index in [2.05, 4.69) is 20.5 Å². The molecule has 30 heteroatoms. The largest absolute Gasteiger partial charge is 0.496 e. The second-order valence-corrected chi connectivity index (χ2v) is 20.4. The molecule has 5 heterocycles. The first-order chi connectivity index (χ1) is 39.4. The van der Waals surface area contributed by atoms with E-state index in [4.69, 9.17) is 67.1 Å². The summed E-state index contributed by atoms with van der Waals surface area (Å²) in [5.41, 5.74) is 3.70. The summed E-state index contributed by atoms with van der Waals surface area (Å²) < 4.78 is 57.0. The van der Waals surface area contributed by atoms with E-state index in [-0.39, 0.29) is 82.3 Å². The maximum absolute atomic E-state index is 14.4. The first kappa shape index (κ1) is 66.6. The molecular formula is C53H67Cl2F3N10O15. The summed E-state index contributed by atoms with van der Waals surface area (Å²) in [4.78, 5) is 95.0. The Morgan fingerprint density at radius 3 is 1.92 bits per heavy atom. The van der Waals surface area contributed by atoms with E-state index in [0.29, 0.717) is 133 Å². The number of amides is 3. The Kier molecular flexibility index (Phi) is 25.3. The van der Waals surface area contributed by atoms with Crippen LogP contribution in [0.1, 0.15) is 43.2 Å². The molecule has 4 aromatic rings. The lowest BCUT2D eigenvalue weighted by molar-refractivity contribution is -0.192. The van der Waals surface area contributed by atoms with Gasteiger partial charge in [-0.3, -0.25) is 48.5 Å². The van der Waals surface area contributed by atoms with Crippen LogP contribution in [0.25, 0.3) is 28.1 Å². The number of pyridine rings is 1. The molecule has 0 unspecified atom stereocenters. The number of fused-ring (bicyclic) bond motifs is 3. The number of alkyl halides is 3. The lowest BCUT2D eigenvalue weighted by Gasteiger charge is -2.41. The highest BCUT2D eigenvalue weighted by Gasteiger charge is 2.40. The number of halogens is 5. The molecule has 0 bridgehead atoms. The van der Waals surface area contributed by atoms with E-state index in [9.17, 15) is 47.4 Å². The summed E-state index contributed by atoms with van der Waals surface area (Å²) in [6.07, 6.45) is -1.87. The number of carboxylic acid groups (broad SMARTS) is 4. The third kappa shape index (κ3) is 20.0. The van der Waals surface area contributed by atoms with Gasteiger partial charge in [-0.1, -0.05) is 30.1 Å². The topological polar surface area (TPSA) is 308 Å². The molecule has 0 spiro atoms. The number of likely N-dealkylation sites (N-methyl/N-ethyl adjacent to an activating group) is 1. The number of hydrogen-bond acceptors (Lipinski definition) is 17. The number of rotatable bonds is 18. The fraction of sp³-hybridized carbons (Fsp3) is 0.491.